The summed E-state index contributed by atoms with van der Waals surface area (Å²) in [6.45, 7) is 3.32. The quantitative estimate of drug-likeness (QED) is 0.869. The largest absolute Gasteiger partial charge is 0.319 e. The molecular formula is C15H27N3. The Morgan fingerprint density at radius 2 is 2.06 bits per heavy atom. The molecule has 0 radical (unpaired) electrons. The molecule has 0 saturated heterocycles. The molecule has 0 aliphatic heterocycles. The molecule has 0 bridgehead atoms. The lowest BCUT2D eigenvalue weighted by Crippen LogP contribution is -2.37. The summed E-state index contributed by atoms with van der Waals surface area (Å²) in [6.07, 6.45) is 9.13. The Bertz CT molecular complexity index is 370. The molecule has 1 heterocycles. The minimum absolute atomic E-state index is 0.464. The van der Waals surface area contributed by atoms with Crippen LogP contribution in [0.25, 0.3) is 0 Å². The molecule has 3 nitrogen and oxygen atoms in total. The summed E-state index contributed by atoms with van der Waals surface area (Å²) in [5.41, 5.74) is 3.10. The van der Waals surface area contributed by atoms with Crippen LogP contribution in [-0.4, -0.2) is 23.4 Å². The van der Waals surface area contributed by atoms with Crippen LogP contribution >= 0.6 is 0 Å². The van der Waals surface area contributed by atoms with E-state index in [-0.39, 0.29) is 0 Å². The topological polar surface area (TPSA) is 29.9 Å². The first-order valence-electron chi connectivity index (χ1n) is 7.35. The fourth-order valence-electron chi connectivity index (χ4n) is 3.39. The van der Waals surface area contributed by atoms with E-state index >= 15 is 0 Å². The van der Waals surface area contributed by atoms with E-state index < -0.39 is 0 Å². The van der Waals surface area contributed by atoms with Crippen molar-refractivity contribution in [2.24, 2.45) is 12.5 Å². The van der Waals surface area contributed by atoms with Gasteiger partial charge < -0.3 is 5.32 Å². The van der Waals surface area contributed by atoms with Crippen molar-refractivity contribution in [3.05, 3.63) is 17.5 Å². The molecule has 1 saturated carbocycles. The zero-order chi connectivity index (χ0) is 13.0. The Morgan fingerprint density at radius 3 is 2.61 bits per heavy atom. The first kappa shape index (κ1) is 13.6. The van der Waals surface area contributed by atoms with Crippen molar-refractivity contribution in [1.82, 2.24) is 15.1 Å². The molecule has 3 heteroatoms. The molecule has 1 aromatic heterocycles. The maximum Gasteiger partial charge on any atom is 0.0624 e. The first-order chi connectivity index (χ1) is 8.69. The van der Waals surface area contributed by atoms with Crippen LogP contribution in [0.2, 0.25) is 0 Å². The maximum atomic E-state index is 4.58. The van der Waals surface area contributed by atoms with Gasteiger partial charge in [-0.05, 0) is 44.2 Å². The lowest BCUT2D eigenvalue weighted by Gasteiger charge is -2.37. The van der Waals surface area contributed by atoms with Crippen molar-refractivity contribution in [3.63, 3.8) is 0 Å². The van der Waals surface area contributed by atoms with Gasteiger partial charge in [-0.2, -0.15) is 5.10 Å². The predicted octanol–water partition coefficient (Wildman–Crippen LogP) is 2.69. The third-order valence-electron chi connectivity index (χ3n) is 4.41. The van der Waals surface area contributed by atoms with E-state index in [1.54, 1.807) is 0 Å². The van der Waals surface area contributed by atoms with Gasteiger partial charge in [-0.25, -0.2) is 0 Å². The molecule has 0 spiro atoms. The highest BCUT2D eigenvalue weighted by Crippen LogP contribution is 2.38. The lowest BCUT2D eigenvalue weighted by molar-refractivity contribution is 0.181. The maximum absolute atomic E-state index is 4.58. The SMILES string of the molecule is CCc1cc(CC2(CNC)CCCCC2)n(C)n1. The summed E-state index contributed by atoms with van der Waals surface area (Å²) in [6, 6.07) is 2.30. The predicted molar refractivity (Wildman–Crippen MR) is 75.7 cm³/mol. The number of nitrogens with one attached hydrogen (secondary N) is 1. The summed E-state index contributed by atoms with van der Waals surface area (Å²) < 4.78 is 2.09. The monoisotopic (exact) mass is 249 g/mol. The van der Waals surface area contributed by atoms with Crippen molar-refractivity contribution < 1.29 is 0 Å². The number of rotatable bonds is 5. The smallest absolute Gasteiger partial charge is 0.0624 e. The van der Waals surface area contributed by atoms with Gasteiger partial charge in [0.15, 0.2) is 0 Å². The average molecular weight is 249 g/mol. The molecule has 1 fully saturated rings. The van der Waals surface area contributed by atoms with Crippen LogP contribution in [-0.2, 0) is 19.9 Å². The van der Waals surface area contributed by atoms with Crippen LogP contribution in [0.1, 0.15) is 50.4 Å². The number of hydrogen-bond acceptors (Lipinski definition) is 2. The highest BCUT2D eigenvalue weighted by molar-refractivity contribution is 5.13. The van der Waals surface area contributed by atoms with Crippen LogP contribution in [0.5, 0.6) is 0 Å². The molecule has 1 N–H and O–H groups in total. The summed E-state index contributed by atoms with van der Waals surface area (Å²) >= 11 is 0. The molecule has 0 atom stereocenters. The van der Waals surface area contributed by atoms with Crippen LogP contribution in [0.15, 0.2) is 6.07 Å². The Kier molecular flexibility index (Phi) is 4.44. The van der Waals surface area contributed by atoms with Gasteiger partial charge >= 0.3 is 0 Å². The van der Waals surface area contributed by atoms with Crippen LogP contribution in [0.4, 0.5) is 0 Å². The third kappa shape index (κ3) is 2.94. The molecule has 2 rings (SSSR count). The number of hydrogen-bond donors (Lipinski definition) is 1. The summed E-state index contributed by atoms with van der Waals surface area (Å²) in [7, 11) is 4.17. The Labute approximate surface area is 111 Å². The second-order valence-electron chi connectivity index (χ2n) is 5.87. The molecule has 18 heavy (non-hydrogen) atoms. The Hall–Kier alpha value is -0.830. The van der Waals surface area contributed by atoms with E-state index in [0.717, 1.165) is 13.0 Å². The van der Waals surface area contributed by atoms with Gasteiger partial charge in [0.05, 0.1) is 5.69 Å². The summed E-state index contributed by atoms with van der Waals surface area (Å²) in [5.74, 6) is 0. The minimum atomic E-state index is 0.464. The summed E-state index contributed by atoms with van der Waals surface area (Å²) in [5, 5.41) is 7.99. The molecule has 1 aliphatic rings. The van der Waals surface area contributed by atoms with E-state index in [4.69, 9.17) is 0 Å². The van der Waals surface area contributed by atoms with Gasteiger partial charge in [-0.3, -0.25) is 4.68 Å². The highest BCUT2D eigenvalue weighted by atomic mass is 15.3. The van der Waals surface area contributed by atoms with Crippen LogP contribution in [0, 0.1) is 5.41 Å². The average Bonchev–Trinajstić information content (AvgIpc) is 2.71. The van der Waals surface area contributed by atoms with Gasteiger partial charge in [0.25, 0.3) is 0 Å². The molecule has 1 aromatic rings. The van der Waals surface area contributed by atoms with Crippen molar-refractivity contribution in [2.75, 3.05) is 13.6 Å². The number of nitrogens with zero attached hydrogens (tertiary/aromatic N) is 2. The van der Waals surface area contributed by atoms with Gasteiger partial charge in [0, 0.05) is 19.3 Å². The number of aryl methyl sites for hydroxylation is 2. The molecule has 0 aromatic carbocycles. The Morgan fingerprint density at radius 1 is 1.33 bits per heavy atom. The van der Waals surface area contributed by atoms with Crippen LogP contribution < -0.4 is 5.32 Å². The van der Waals surface area contributed by atoms with E-state index in [1.165, 1.54) is 49.9 Å². The van der Waals surface area contributed by atoms with Crippen LogP contribution in [0.3, 0.4) is 0 Å². The molecule has 0 amide bonds. The minimum Gasteiger partial charge on any atom is -0.319 e. The molecular weight excluding hydrogens is 222 g/mol. The van der Waals surface area contributed by atoms with Gasteiger partial charge in [-0.1, -0.05) is 26.2 Å². The number of aromatic nitrogens is 2. The standard InChI is InChI=1S/C15H27N3/c1-4-13-10-14(18(3)17-13)11-15(12-16-2)8-6-5-7-9-15/h10,16H,4-9,11-12H2,1-3H3. The molecule has 0 unspecified atom stereocenters. The van der Waals surface area contributed by atoms with E-state index in [2.05, 4.69) is 42.2 Å². The third-order valence-corrected chi connectivity index (χ3v) is 4.41. The van der Waals surface area contributed by atoms with Gasteiger partial charge in [0.1, 0.15) is 0 Å². The van der Waals surface area contributed by atoms with E-state index in [0.29, 0.717) is 5.41 Å². The van der Waals surface area contributed by atoms with E-state index in [9.17, 15) is 0 Å². The zero-order valence-electron chi connectivity index (χ0n) is 12.1. The fourth-order valence-corrected chi connectivity index (χ4v) is 3.39. The van der Waals surface area contributed by atoms with Gasteiger partial charge in [-0.15, -0.1) is 0 Å². The lowest BCUT2D eigenvalue weighted by atomic mass is 9.71. The zero-order valence-corrected chi connectivity index (χ0v) is 12.1. The van der Waals surface area contributed by atoms with E-state index in [1.807, 2.05) is 0 Å². The Balaban J connectivity index is 2.14. The van der Waals surface area contributed by atoms with Crippen molar-refractivity contribution in [1.29, 1.82) is 0 Å². The molecule has 1 aliphatic carbocycles. The second kappa shape index (κ2) is 5.87. The summed E-state index contributed by atoms with van der Waals surface area (Å²) in [4.78, 5) is 0. The normalized spacial score (nSPS) is 19.1. The molecule has 102 valence electrons. The van der Waals surface area contributed by atoms with Crippen molar-refractivity contribution in [2.45, 2.75) is 51.9 Å². The van der Waals surface area contributed by atoms with Crippen molar-refractivity contribution >= 4 is 0 Å². The van der Waals surface area contributed by atoms with Crippen molar-refractivity contribution in [3.8, 4) is 0 Å². The first-order valence-corrected chi connectivity index (χ1v) is 7.35. The van der Waals surface area contributed by atoms with Gasteiger partial charge in [0.2, 0.25) is 0 Å². The highest BCUT2D eigenvalue weighted by Gasteiger charge is 2.32. The second-order valence-corrected chi connectivity index (χ2v) is 5.87. The fraction of sp³-hybridized carbons (Fsp3) is 0.800.